The van der Waals surface area contributed by atoms with E-state index < -0.39 is 67.4 Å². The Morgan fingerprint density at radius 3 is 1.12 bits per heavy atom. The van der Waals surface area contributed by atoms with E-state index in [9.17, 15) is 35.1 Å². The monoisotopic (exact) mass is 1190 g/mol. The summed E-state index contributed by atoms with van der Waals surface area (Å²) in [5.41, 5.74) is 0. The molecule has 498 valence electrons. The van der Waals surface area contributed by atoms with Gasteiger partial charge in [-0.3, -0.25) is 9.59 Å². The number of nitrogens with one attached hydrogen (secondary N) is 1. The van der Waals surface area contributed by atoms with Crippen LogP contribution in [0, 0.1) is 0 Å². The fourth-order valence-corrected chi connectivity index (χ4v) is 12.1. The maximum absolute atomic E-state index is 13.5. The third-order valence-corrected chi connectivity index (χ3v) is 17.9. The highest BCUT2D eigenvalue weighted by atomic mass is 16.7. The van der Waals surface area contributed by atoms with Crippen molar-refractivity contribution >= 4 is 11.9 Å². The average Bonchev–Trinajstić information content (AvgIpc) is 3.38. The van der Waals surface area contributed by atoms with Gasteiger partial charge < -0.3 is 45.1 Å². The SMILES string of the molecule is CCCCCCCCCCCC/C=C/C(O)C(COC1OC(CO)C(O)C(O)C1OC(=O)CCCCCCCCCCCCCCCCCCC)NC(=O)C(O)CCCCCCCCCCCCCCCCCCCCCCCCCCCC. The van der Waals surface area contributed by atoms with Crippen molar-refractivity contribution in [1.29, 1.82) is 0 Å². The van der Waals surface area contributed by atoms with Gasteiger partial charge in [0, 0.05) is 6.42 Å². The molecular formula is C73H141NO10. The summed E-state index contributed by atoms with van der Waals surface area (Å²) in [6.45, 7) is 5.86. The molecule has 0 aromatic heterocycles. The van der Waals surface area contributed by atoms with Gasteiger partial charge in [0.15, 0.2) is 12.4 Å². The van der Waals surface area contributed by atoms with Crippen molar-refractivity contribution in [3.05, 3.63) is 12.2 Å². The van der Waals surface area contributed by atoms with Crippen LogP contribution in [0.3, 0.4) is 0 Å². The van der Waals surface area contributed by atoms with E-state index in [0.717, 1.165) is 57.8 Å². The predicted octanol–water partition coefficient (Wildman–Crippen LogP) is 19.0. The second-order valence-corrected chi connectivity index (χ2v) is 26.0. The molecule has 0 aliphatic carbocycles. The van der Waals surface area contributed by atoms with Gasteiger partial charge in [-0.2, -0.15) is 0 Å². The minimum atomic E-state index is -1.61. The maximum Gasteiger partial charge on any atom is 0.306 e. The molecule has 8 unspecified atom stereocenters. The summed E-state index contributed by atoms with van der Waals surface area (Å²) < 4.78 is 17.7. The first kappa shape index (κ1) is 80.4. The zero-order valence-electron chi connectivity index (χ0n) is 55.6. The van der Waals surface area contributed by atoms with Gasteiger partial charge in [0.25, 0.3) is 0 Å². The Hall–Kier alpha value is -1.60. The third-order valence-electron chi connectivity index (χ3n) is 17.9. The molecule has 1 amide bonds. The van der Waals surface area contributed by atoms with Gasteiger partial charge in [0.2, 0.25) is 5.91 Å². The minimum absolute atomic E-state index is 0.132. The molecule has 0 radical (unpaired) electrons. The fraction of sp³-hybridized carbons (Fsp3) is 0.945. The highest BCUT2D eigenvalue weighted by molar-refractivity contribution is 5.80. The van der Waals surface area contributed by atoms with Crippen LogP contribution in [0.25, 0.3) is 0 Å². The molecule has 1 fully saturated rings. The first-order valence-electron chi connectivity index (χ1n) is 37.0. The molecule has 0 aromatic carbocycles. The van der Waals surface area contributed by atoms with Crippen LogP contribution in [0.15, 0.2) is 12.2 Å². The third kappa shape index (κ3) is 48.3. The lowest BCUT2D eigenvalue weighted by Crippen LogP contribution is -2.61. The van der Waals surface area contributed by atoms with Crippen LogP contribution < -0.4 is 5.32 Å². The van der Waals surface area contributed by atoms with E-state index in [2.05, 4.69) is 26.1 Å². The molecule has 84 heavy (non-hydrogen) atoms. The summed E-state index contributed by atoms with van der Waals surface area (Å²) >= 11 is 0. The fourth-order valence-electron chi connectivity index (χ4n) is 12.1. The lowest BCUT2D eigenvalue weighted by Gasteiger charge is -2.41. The van der Waals surface area contributed by atoms with E-state index in [1.807, 2.05) is 6.08 Å². The zero-order chi connectivity index (χ0) is 61.0. The molecule has 1 aliphatic heterocycles. The van der Waals surface area contributed by atoms with Gasteiger partial charge in [-0.05, 0) is 25.7 Å². The highest BCUT2D eigenvalue weighted by Gasteiger charge is 2.47. The highest BCUT2D eigenvalue weighted by Crippen LogP contribution is 2.27. The Morgan fingerprint density at radius 1 is 0.452 bits per heavy atom. The standard InChI is InChI=1S/C73H141NO10/c1-4-7-10-13-16-19-22-25-27-29-30-31-32-33-34-35-36-37-39-40-42-45-48-51-54-57-60-66(77)72(81)74-64(65(76)59-56-53-50-47-44-24-21-18-15-12-9-6-3)63-82-73-71(70(80)69(79)67(62-75)83-73)84-68(78)61-58-55-52-49-46-43-41-38-28-26-23-20-17-14-11-8-5-2/h56,59,64-67,69-71,73,75-77,79-80H,4-55,57-58,60-63H2,1-3H3,(H,74,81)/b59-56+. The van der Waals surface area contributed by atoms with Gasteiger partial charge in [-0.25, -0.2) is 0 Å². The molecule has 6 N–H and O–H groups in total. The number of unbranched alkanes of at least 4 members (excludes halogenated alkanes) is 51. The van der Waals surface area contributed by atoms with Crippen molar-refractivity contribution in [2.24, 2.45) is 0 Å². The van der Waals surface area contributed by atoms with Crippen molar-refractivity contribution < 1.29 is 49.3 Å². The molecule has 1 rings (SSSR count). The van der Waals surface area contributed by atoms with Gasteiger partial charge >= 0.3 is 5.97 Å². The number of ether oxygens (including phenoxy) is 3. The topological polar surface area (TPSA) is 175 Å². The number of rotatable bonds is 65. The second kappa shape index (κ2) is 61.6. The molecular weight excluding hydrogens is 1050 g/mol. The van der Waals surface area contributed by atoms with E-state index in [0.29, 0.717) is 19.3 Å². The van der Waals surface area contributed by atoms with Crippen LogP contribution in [-0.2, 0) is 23.8 Å². The largest absolute Gasteiger partial charge is 0.454 e. The number of aliphatic hydroxyl groups is 5. The van der Waals surface area contributed by atoms with E-state index >= 15 is 0 Å². The van der Waals surface area contributed by atoms with Gasteiger partial charge in [-0.1, -0.05) is 360 Å². The van der Waals surface area contributed by atoms with Gasteiger partial charge in [0.1, 0.15) is 24.4 Å². The summed E-state index contributed by atoms with van der Waals surface area (Å²) in [6, 6.07) is -1.02. The van der Waals surface area contributed by atoms with Crippen LogP contribution in [0.2, 0.25) is 0 Å². The number of carbonyl (C=O) groups excluding carboxylic acids is 2. The summed E-state index contributed by atoms with van der Waals surface area (Å²) in [4.78, 5) is 26.7. The molecule has 0 aromatic rings. The number of aliphatic hydroxyl groups excluding tert-OH is 5. The number of hydrogen-bond donors (Lipinski definition) is 6. The number of allylic oxidation sites excluding steroid dienone is 1. The first-order valence-corrected chi connectivity index (χ1v) is 37.0. The molecule has 1 aliphatic rings. The van der Waals surface area contributed by atoms with Crippen LogP contribution >= 0.6 is 0 Å². The Morgan fingerprint density at radius 2 is 0.774 bits per heavy atom. The predicted molar refractivity (Wildman–Crippen MR) is 352 cm³/mol. The van der Waals surface area contributed by atoms with Crippen molar-refractivity contribution in [2.45, 2.75) is 429 Å². The molecule has 0 saturated carbocycles. The number of carbonyl (C=O) groups is 2. The smallest absolute Gasteiger partial charge is 0.306 e. The van der Waals surface area contributed by atoms with Crippen molar-refractivity contribution in [3.63, 3.8) is 0 Å². The Kier molecular flexibility index (Phi) is 59.0. The van der Waals surface area contributed by atoms with Crippen LogP contribution in [0.5, 0.6) is 0 Å². The van der Waals surface area contributed by atoms with Crippen molar-refractivity contribution in [3.8, 4) is 0 Å². The molecule has 8 atom stereocenters. The number of hydrogen-bond acceptors (Lipinski definition) is 10. The quantitative estimate of drug-likeness (QED) is 0.0195. The molecule has 1 heterocycles. The van der Waals surface area contributed by atoms with E-state index in [-0.39, 0.29) is 13.0 Å². The van der Waals surface area contributed by atoms with Gasteiger partial charge in [0.05, 0.1) is 25.4 Å². The van der Waals surface area contributed by atoms with E-state index in [1.54, 1.807) is 6.08 Å². The molecule has 11 heteroatoms. The number of amides is 1. The van der Waals surface area contributed by atoms with Crippen molar-refractivity contribution in [1.82, 2.24) is 5.32 Å². The lowest BCUT2D eigenvalue weighted by molar-refractivity contribution is -0.305. The summed E-state index contributed by atoms with van der Waals surface area (Å²) in [6.07, 6.45) is 62.7. The van der Waals surface area contributed by atoms with E-state index in [4.69, 9.17) is 14.2 Å². The maximum atomic E-state index is 13.5. The number of esters is 1. The Balaban J connectivity index is 2.52. The average molecular weight is 1190 g/mol. The molecule has 0 spiro atoms. The Labute approximate surface area is 519 Å². The van der Waals surface area contributed by atoms with Crippen LogP contribution in [0.1, 0.15) is 380 Å². The second-order valence-electron chi connectivity index (χ2n) is 26.0. The summed E-state index contributed by atoms with van der Waals surface area (Å²) in [5, 5.41) is 57.3. The molecule has 1 saturated heterocycles. The minimum Gasteiger partial charge on any atom is -0.454 e. The van der Waals surface area contributed by atoms with Gasteiger partial charge in [-0.15, -0.1) is 0 Å². The van der Waals surface area contributed by atoms with Crippen LogP contribution in [0.4, 0.5) is 0 Å². The summed E-state index contributed by atoms with van der Waals surface area (Å²) in [5.74, 6) is -1.17. The normalized spacial score (nSPS) is 18.4. The first-order chi connectivity index (χ1) is 41.2. The summed E-state index contributed by atoms with van der Waals surface area (Å²) in [7, 11) is 0. The van der Waals surface area contributed by atoms with E-state index in [1.165, 1.54) is 276 Å². The molecule has 11 nitrogen and oxygen atoms in total. The van der Waals surface area contributed by atoms with Crippen LogP contribution in [-0.4, -0.2) is 99.6 Å². The Bertz CT molecular complexity index is 1420. The zero-order valence-corrected chi connectivity index (χ0v) is 55.6. The molecule has 0 bridgehead atoms. The lowest BCUT2D eigenvalue weighted by atomic mass is 9.99. The van der Waals surface area contributed by atoms with Crippen molar-refractivity contribution in [2.75, 3.05) is 13.2 Å².